The number of amides is 5. The van der Waals surface area contributed by atoms with Crippen molar-refractivity contribution in [1.82, 2.24) is 20.4 Å². The summed E-state index contributed by atoms with van der Waals surface area (Å²) < 4.78 is 17.0. The van der Waals surface area contributed by atoms with Crippen LogP contribution in [0.5, 0.6) is 0 Å². The summed E-state index contributed by atoms with van der Waals surface area (Å²) >= 11 is 10.4. The number of nitrogens with two attached hydrogens (primary N) is 1. The number of rotatable bonds is 3. The first kappa shape index (κ1) is 41.8. The molecule has 1 aromatic carbocycles. The number of carbonyl (C=O) groups excluding carboxylic acids is 5. The van der Waals surface area contributed by atoms with Crippen molar-refractivity contribution in [3.8, 4) is 0 Å². The first-order chi connectivity index (χ1) is 23.2. The molecule has 284 valence electrons. The molecule has 0 radical (unpaired) electrons. The van der Waals surface area contributed by atoms with E-state index >= 15 is 0 Å². The van der Waals surface area contributed by atoms with Crippen molar-refractivity contribution in [2.45, 2.75) is 107 Å². The zero-order valence-corrected chi connectivity index (χ0v) is 30.8. The second kappa shape index (κ2) is 17.3. The number of ether oxygens (including phenoxy) is 3. The molecule has 6 rings (SSSR count). The maximum atomic E-state index is 14.0. The van der Waals surface area contributed by atoms with Crippen molar-refractivity contribution in [3.05, 3.63) is 46.5 Å². The van der Waals surface area contributed by atoms with Crippen LogP contribution >= 0.6 is 24.2 Å². The smallest absolute Gasteiger partial charge is 0.410 e. The highest BCUT2D eigenvalue weighted by Gasteiger charge is 2.60. The van der Waals surface area contributed by atoms with E-state index in [0.29, 0.717) is 37.4 Å². The number of allylic oxidation sites excluding steroid dienone is 1. The Bertz CT molecular complexity index is 1490. The zero-order chi connectivity index (χ0) is 35.5. The highest BCUT2D eigenvalue weighted by molar-refractivity contribution is 7.81. The number of hydrogen-bond donors (Lipinski definition) is 4. The molecule has 15 nitrogen and oxygen atoms in total. The lowest BCUT2D eigenvalue weighted by molar-refractivity contribution is -0.142. The van der Waals surface area contributed by atoms with Crippen LogP contribution in [0.15, 0.2) is 30.4 Å². The summed E-state index contributed by atoms with van der Waals surface area (Å²) in [5.74, 6) is -2.18. The van der Waals surface area contributed by atoms with E-state index in [1.807, 2.05) is 24.3 Å². The van der Waals surface area contributed by atoms with E-state index in [-0.39, 0.29) is 43.0 Å². The van der Waals surface area contributed by atoms with Crippen LogP contribution < -0.4 is 16.4 Å². The van der Waals surface area contributed by atoms with Gasteiger partial charge in [-0.25, -0.2) is 9.59 Å². The number of fused-ring (bicyclic) bond motifs is 3. The number of benzene rings is 1. The molecular weight excluding hydrogens is 706 g/mol. The first-order valence-electron chi connectivity index (χ1n) is 16.7. The molecule has 5 atom stereocenters. The number of halogens is 1. The molecule has 2 saturated carbocycles. The van der Waals surface area contributed by atoms with Gasteiger partial charge in [0.15, 0.2) is 0 Å². The van der Waals surface area contributed by atoms with Gasteiger partial charge in [0, 0.05) is 35.8 Å². The number of alkyl carbamates (subject to hydrolysis) is 1. The Balaban J connectivity index is 0.00000109. The Hall–Kier alpha value is -3.57. The van der Waals surface area contributed by atoms with Crippen LogP contribution in [0.2, 0.25) is 5.02 Å². The fourth-order valence-corrected chi connectivity index (χ4v) is 6.48. The SMILES string of the molecule is CC(C)(C)OC(=O)N[C@H]1COCCC/C=C\[C@@H]2C[C@@]2(C(N)=O)NC(=O)[C@@H]2C[C@@H](OC(=O)N3Cc4cccc(Cl)c4C3)CN2C1=O.O.O.SC1CC1. The average molecular weight is 756 g/mol. The Morgan fingerprint density at radius 2 is 1.86 bits per heavy atom. The summed E-state index contributed by atoms with van der Waals surface area (Å²) in [7, 11) is 0. The number of primary amides is 1. The van der Waals surface area contributed by atoms with Gasteiger partial charge in [-0.1, -0.05) is 35.9 Å². The molecular formula is C34H50ClN5O10S. The molecule has 5 aliphatic rings. The predicted octanol–water partition coefficient (Wildman–Crippen LogP) is 1.81. The van der Waals surface area contributed by atoms with Crippen LogP contribution in [0.25, 0.3) is 0 Å². The van der Waals surface area contributed by atoms with Gasteiger partial charge < -0.3 is 46.4 Å². The lowest BCUT2D eigenvalue weighted by Crippen LogP contribution is -2.58. The van der Waals surface area contributed by atoms with Gasteiger partial charge in [0.1, 0.15) is 29.3 Å². The van der Waals surface area contributed by atoms with Crippen LogP contribution in [0, 0.1) is 5.92 Å². The molecule has 0 aromatic heterocycles. The largest absolute Gasteiger partial charge is 0.444 e. The third-order valence-electron chi connectivity index (χ3n) is 8.95. The molecule has 3 heterocycles. The molecule has 8 N–H and O–H groups in total. The van der Waals surface area contributed by atoms with E-state index in [2.05, 4.69) is 23.3 Å². The van der Waals surface area contributed by atoms with Crippen LogP contribution in [0.1, 0.15) is 70.4 Å². The van der Waals surface area contributed by atoms with E-state index in [0.717, 1.165) is 16.4 Å². The summed E-state index contributed by atoms with van der Waals surface area (Å²) in [4.78, 5) is 69.0. The van der Waals surface area contributed by atoms with Crippen molar-refractivity contribution in [3.63, 3.8) is 0 Å². The van der Waals surface area contributed by atoms with Crippen LogP contribution in [0.4, 0.5) is 9.59 Å². The van der Waals surface area contributed by atoms with Crippen molar-refractivity contribution < 1.29 is 49.1 Å². The van der Waals surface area contributed by atoms with Gasteiger partial charge in [0.25, 0.3) is 0 Å². The van der Waals surface area contributed by atoms with Crippen LogP contribution in [0.3, 0.4) is 0 Å². The second-order valence-electron chi connectivity index (χ2n) is 14.2. The number of nitrogens with one attached hydrogen (secondary N) is 2. The maximum absolute atomic E-state index is 14.0. The lowest BCUT2D eigenvalue weighted by Gasteiger charge is -2.30. The minimum atomic E-state index is -1.28. The molecule has 5 amide bonds. The molecule has 0 spiro atoms. The fourth-order valence-electron chi connectivity index (χ4n) is 6.08. The fraction of sp³-hybridized carbons (Fsp3) is 0.618. The summed E-state index contributed by atoms with van der Waals surface area (Å²) in [5.41, 5.74) is 5.39. The maximum Gasteiger partial charge on any atom is 0.410 e. The molecule has 0 bridgehead atoms. The Labute approximate surface area is 307 Å². The van der Waals surface area contributed by atoms with E-state index in [9.17, 15) is 24.0 Å². The predicted molar refractivity (Wildman–Crippen MR) is 191 cm³/mol. The van der Waals surface area contributed by atoms with E-state index in [1.54, 1.807) is 26.8 Å². The van der Waals surface area contributed by atoms with Crippen molar-refractivity contribution in [1.29, 1.82) is 0 Å². The summed E-state index contributed by atoms with van der Waals surface area (Å²) in [6.45, 7) is 5.68. The number of carbonyl (C=O) groups is 5. The standard InChI is InChI=1S/C31H40ClN5O8.C3H6S.2H2O/c1-30(2,3)45-28(41)34-23-17-43-11-6-4-5-9-19-13-31(19,27(33)40)35-25(38)24-12-20(15-37(24)26(23)39)44-29(42)36-14-18-8-7-10-22(32)21(18)16-36;4-3-1-2-3;;/h5,7-10,19-20,23-24H,4,6,11-17H2,1-3H3,(H2,33,40)(H,34,41)(H,35,38);3-4H,1-2H2;2*1H2/b9-5-;;;/t19-,20-,23+,24+,31-;;;/m1.../s1. The Morgan fingerprint density at radius 1 is 1.16 bits per heavy atom. The zero-order valence-electron chi connectivity index (χ0n) is 29.1. The van der Waals surface area contributed by atoms with Gasteiger partial charge in [0.05, 0.1) is 19.7 Å². The normalized spacial score (nSPS) is 27.9. The minimum Gasteiger partial charge on any atom is -0.444 e. The summed E-state index contributed by atoms with van der Waals surface area (Å²) in [6, 6.07) is 3.15. The van der Waals surface area contributed by atoms with Crippen LogP contribution in [-0.2, 0) is 41.7 Å². The average Bonchev–Trinajstić information content (AvgIpc) is 3.84. The monoisotopic (exact) mass is 755 g/mol. The molecule has 51 heavy (non-hydrogen) atoms. The number of hydrogen-bond acceptors (Lipinski definition) is 9. The third kappa shape index (κ3) is 10.7. The van der Waals surface area contributed by atoms with Gasteiger partial charge in [0.2, 0.25) is 17.7 Å². The molecule has 3 fully saturated rings. The van der Waals surface area contributed by atoms with Crippen molar-refractivity contribution >= 4 is 54.1 Å². The second-order valence-corrected chi connectivity index (χ2v) is 15.3. The quantitative estimate of drug-likeness (QED) is 0.262. The molecule has 3 aliphatic heterocycles. The highest BCUT2D eigenvalue weighted by atomic mass is 35.5. The Morgan fingerprint density at radius 3 is 2.49 bits per heavy atom. The topological polar surface area (TPSA) is 233 Å². The molecule has 1 aromatic rings. The van der Waals surface area contributed by atoms with E-state index in [1.165, 1.54) is 22.6 Å². The molecule has 0 unspecified atom stereocenters. The van der Waals surface area contributed by atoms with Gasteiger partial charge in [-0.15, -0.1) is 0 Å². The first-order valence-corrected chi connectivity index (χ1v) is 17.6. The Kier molecular flexibility index (Phi) is 14.2. The molecule has 1 saturated heterocycles. The van der Waals surface area contributed by atoms with Gasteiger partial charge >= 0.3 is 12.2 Å². The molecule has 2 aliphatic carbocycles. The van der Waals surface area contributed by atoms with Gasteiger partial charge in [-0.05, 0) is 70.1 Å². The lowest BCUT2D eigenvalue weighted by atomic mass is 10.1. The van der Waals surface area contributed by atoms with Gasteiger partial charge in [-0.2, -0.15) is 12.6 Å². The van der Waals surface area contributed by atoms with E-state index < -0.39 is 59.2 Å². The molecule has 17 heteroatoms. The van der Waals surface area contributed by atoms with E-state index in [4.69, 9.17) is 31.5 Å². The number of thiol groups is 1. The number of nitrogens with zero attached hydrogens (tertiary/aromatic N) is 2. The highest BCUT2D eigenvalue weighted by Crippen LogP contribution is 2.45. The minimum absolute atomic E-state index is 0. The van der Waals surface area contributed by atoms with Crippen LogP contribution in [-0.4, -0.2) is 105 Å². The summed E-state index contributed by atoms with van der Waals surface area (Å²) in [6.07, 6.45) is 5.76. The van der Waals surface area contributed by atoms with Crippen molar-refractivity contribution in [2.75, 3.05) is 19.8 Å². The van der Waals surface area contributed by atoms with Crippen molar-refractivity contribution in [2.24, 2.45) is 11.7 Å². The van der Waals surface area contributed by atoms with Gasteiger partial charge in [-0.3, -0.25) is 19.3 Å². The third-order valence-corrected chi connectivity index (χ3v) is 9.82. The summed E-state index contributed by atoms with van der Waals surface area (Å²) in [5, 5.41) is 6.71.